The van der Waals surface area contributed by atoms with Gasteiger partial charge in [0.15, 0.2) is 0 Å². The lowest BCUT2D eigenvalue weighted by Gasteiger charge is -2.37. The summed E-state index contributed by atoms with van der Waals surface area (Å²) in [6.45, 7) is 2.84. The molecule has 1 saturated carbocycles. The fraction of sp³-hybridized carbons (Fsp3) is 0.929. The fourth-order valence-corrected chi connectivity index (χ4v) is 3.54. The molecule has 2 rings (SSSR count). The van der Waals surface area contributed by atoms with Gasteiger partial charge in [0.25, 0.3) is 0 Å². The van der Waals surface area contributed by atoms with Crippen molar-refractivity contribution in [2.24, 2.45) is 17.6 Å². The zero-order valence-electron chi connectivity index (χ0n) is 11.8. The minimum Gasteiger partial charge on any atom is -0.341 e. The second kappa shape index (κ2) is 6.02. The molecule has 1 heterocycles. The van der Waals surface area contributed by atoms with Gasteiger partial charge in [-0.3, -0.25) is 4.79 Å². The van der Waals surface area contributed by atoms with E-state index in [2.05, 4.69) is 11.9 Å². The Morgan fingerprint density at radius 1 is 1.33 bits per heavy atom. The lowest BCUT2D eigenvalue weighted by molar-refractivity contribution is -0.138. The van der Waals surface area contributed by atoms with E-state index in [0.29, 0.717) is 24.4 Å². The predicted octanol–water partition coefficient (Wildman–Crippen LogP) is 0.914. The molecule has 4 heteroatoms. The molecule has 3 unspecified atom stereocenters. The summed E-state index contributed by atoms with van der Waals surface area (Å²) in [6.07, 6.45) is 5.67. The molecule has 18 heavy (non-hydrogen) atoms. The molecule has 2 aliphatic rings. The predicted molar refractivity (Wildman–Crippen MR) is 73.2 cm³/mol. The van der Waals surface area contributed by atoms with Gasteiger partial charge in [-0.15, -0.1) is 0 Å². The first-order valence-corrected chi connectivity index (χ1v) is 7.28. The molecule has 1 amide bonds. The number of nitrogens with two attached hydrogens (primary N) is 1. The van der Waals surface area contributed by atoms with Crippen molar-refractivity contribution in [1.29, 1.82) is 0 Å². The molecule has 0 aromatic carbocycles. The molecule has 2 N–H and O–H groups in total. The molecule has 1 aliphatic heterocycles. The monoisotopic (exact) mass is 253 g/mol. The lowest BCUT2D eigenvalue weighted by atomic mass is 9.93. The quantitative estimate of drug-likeness (QED) is 0.813. The number of carbonyl (C=O) groups excluding carboxylic acids is 1. The van der Waals surface area contributed by atoms with Crippen LogP contribution in [0.4, 0.5) is 0 Å². The van der Waals surface area contributed by atoms with Gasteiger partial charge in [0.1, 0.15) is 0 Å². The van der Waals surface area contributed by atoms with E-state index in [-0.39, 0.29) is 5.92 Å². The Bertz CT molecular complexity index is 295. The average molecular weight is 253 g/mol. The van der Waals surface area contributed by atoms with Gasteiger partial charge in [-0.2, -0.15) is 0 Å². The summed E-state index contributed by atoms with van der Waals surface area (Å²) in [4.78, 5) is 16.9. The molecule has 0 aromatic heterocycles. The van der Waals surface area contributed by atoms with Crippen LogP contribution in [0.2, 0.25) is 0 Å². The zero-order chi connectivity index (χ0) is 13.1. The smallest absolute Gasteiger partial charge is 0.226 e. The van der Waals surface area contributed by atoms with Gasteiger partial charge >= 0.3 is 0 Å². The van der Waals surface area contributed by atoms with Gasteiger partial charge in [-0.25, -0.2) is 0 Å². The fourth-order valence-electron chi connectivity index (χ4n) is 3.54. The Hall–Kier alpha value is -0.610. The number of likely N-dealkylation sites (N-methyl/N-ethyl adjacent to an activating group) is 2. The topological polar surface area (TPSA) is 49.6 Å². The molecular weight excluding hydrogens is 226 g/mol. The standard InChI is InChI=1S/C14H27N3O/c1-16-8-4-6-12(10-16)17(2)14(18)13-7-3-5-11(13)9-15/h11-13H,3-10,15H2,1-2H3. The van der Waals surface area contributed by atoms with Crippen LogP contribution in [0.1, 0.15) is 32.1 Å². The van der Waals surface area contributed by atoms with Crippen molar-refractivity contribution in [2.75, 3.05) is 33.7 Å². The second-order valence-electron chi connectivity index (χ2n) is 6.04. The minimum absolute atomic E-state index is 0.187. The van der Waals surface area contributed by atoms with Gasteiger partial charge in [-0.05, 0) is 51.7 Å². The third kappa shape index (κ3) is 2.86. The first kappa shape index (κ1) is 13.8. The Morgan fingerprint density at radius 2 is 2.11 bits per heavy atom. The third-order valence-corrected chi connectivity index (χ3v) is 4.77. The van der Waals surface area contributed by atoms with Crippen LogP contribution in [0, 0.1) is 11.8 Å². The van der Waals surface area contributed by atoms with Crippen molar-refractivity contribution in [1.82, 2.24) is 9.80 Å². The van der Waals surface area contributed by atoms with Crippen LogP contribution in [0.25, 0.3) is 0 Å². The van der Waals surface area contributed by atoms with E-state index < -0.39 is 0 Å². The van der Waals surface area contributed by atoms with Crippen LogP contribution >= 0.6 is 0 Å². The van der Waals surface area contributed by atoms with E-state index in [0.717, 1.165) is 38.8 Å². The molecule has 3 atom stereocenters. The average Bonchev–Trinajstić information content (AvgIpc) is 2.85. The van der Waals surface area contributed by atoms with Gasteiger partial charge in [0.05, 0.1) is 0 Å². The highest BCUT2D eigenvalue weighted by atomic mass is 16.2. The summed E-state index contributed by atoms with van der Waals surface area (Å²) in [7, 11) is 4.13. The van der Waals surface area contributed by atoms with Gasteiger partial charge in [0.2, 0.25) is 5.91 Å². The molecule has 0 aromatic rings. The summed E-state index contributed by atoms with van der Waals surface area (Å²) in [5, 5.41) is 0. The van der Waals surface area contributed by atoms with Crippen LogP contribution in [0.5, 0.6) is 0 Å². The van der Waals surface area contributed by atoms with Crippen LogP contribution in [0.3, 0.4) is 0 Å². The zero-order valence-corrected chi connectivity index (χ0v) is 11.8. The van der Waals surface area contributed by atoms with E-state index in [1.54, 1.807) is 0 Å². The molecule has 1 aliphatic carbocycles. The maximum atomic E-state index is 12.6. The molecule has 1 saturated heterocycles. The number of hydrogen-bond donors (Lipinski definition) is 1. The maximum absolute atomic E-state index is 12.6. The van der Waals surface area contributed by atoms with Crippen LogP contribution in [0.15, 0.2) is 0 Å². The summed E-state index contributed by atoms with van der Waals surface area (Å²) >= 11 is 0. The number of hydrogen-bond acceptors (Lipinski definition) is 3. The second-order valence-corrected chi connectivity index (χ2v) is 6.04. The summed E-state index contributed by atoms with van der Waals surface area (Å²) in [5.74, 6) is 0.941. The van der Waals surface area contributed by atoms with Crippen LogP contribution < -0.4 is 5.73 Å². The highest BCUT2D eigenvalue weighted by Gasteiger charge is 2.36. The summed E-state index contributed by atoms with van der Waals surface area (Å²) in [6, 6.07) is 0.398. The van der Waals surface area contributed by atoms with Gasteiger partial charge < -0.3 is 15.5 Å². The number of amides is 1. The number of carbonyl (C=O) groups is 1. The van der Waals surface area contributed by atoms with Crippen molar-refractivity contribution in [3.63, 3.8) is 0 Å². The highest BCUT2D eigenvalue weighted by Crippen LogP contribution is 2.33. The minimum atomic E-state index is 0.187. The van der Waals surface area contributed by atoms with E-state index in [1.165, 1.54) is 6.42 Å². The Balaban J connectivity index is 1.95. The number of nitrogens with zero attached hydrogens (tertiary/aromatic N) is 2. The SMILES string of the molecule is CN1CCCC(N(C)C(=O)C2CCCC2CN)C1. The van der Waals surface area contributed by atoms with Crippen molar-refractivity contribution >= 4 is 5.91 Å². The Kier molecular flexibility index (Phi) is 4.62. The first-order valence-electron chi connectivity index (χ1n) is 7.28. The van der Waals surface area contributed by atoms with E-state index >= 15 is 0 Å². The molecule has 0 radical (unpaired) electrons. The Labute approximate surface area is 110 Å². The molecule has 104 valence electrons. The number of likely N-dealkylation sites (tertiary alicyclic amines) is 1. The van der Waals surface area contributed by atoms with E-state index in [9.17, 15) is 4.79 Å². The van der Waals surface area contributed by atoms with Gasteiger partial charge in [0, 0.05) is 25.6 Å². The van der Waals surface area contributed by atoms with Crippen LogP contribution in [-0.2, 0) is 4.79 Å². The van der Waals surface area contributed by atoms with Gasteiger partial charge in [-0.1, -0.05) is 6.42 Å². The molecule has 4 nitrogen and oxygen atoms in total. The van der Waals surface area contributed by atoms with Crippen molar-refractivity contribution in [3.8, 4) is 0 Å². The van der Waals surface area contributed by atoms with E-state index in [4.69, 9.17) is 5.73 Å². The van der Waals surface area contributed by atoms with Crippen molar-refractivity contribution in [2.45, 2.75) is 38.1 Å². The number of rotatable bonds is 3. The summed E-state index contributed by atoms with van der Waals surface area (Å²) < 4.78 is 0. The normalized spacial score (nSPS) is 33.6. The molecule has 0 bridgehead atoms. The lowest BCUT2D eigenvalue weighted by Crippen LogP contribution is -2.49. The van der Waals surface area contributed by atoms with Crippen molar-refractivity contribution < 1.29 is 4.79 Å². The molecule has 2 fully saturated rings. The largest absolute Gasteiger partial charge is 0.341 e. The first-order chi connectivity index (χ1) is 8.63. The maximum Gasteiger partial charge on any atom is 0.226 e. The Morgan fingerprint density at radius 3 is 2.78 bits per heavy atom. The molecular formula is C14H27N3O. The van der Waals surface area contributed by atoms with E-state index in [1.807, 2.05) is 11.9 Å². The third-order valence-electron chi connectivity index (χ3n) is 4.77. The van der Waals surface area contributed by atoms with Crippen molar-refractivity contribution in [3.05, 3.63) is 0 Å². The summed E-state index contributed by atoms with van der Waals surface area (Å²) in [5.41, 5.74) is 5.78. The molecule has 0 spiro atoms. The highest BCUT2D eigenvalue weighted by molar-refractivity contribution is 5.79. The van der Waals surface area contributed by atoms with Crippen LogP contribution in [-0.4, -0.2) is 55.5 Å². The number of piperidine rings is 1.